The summed E-state index contributed by atoms with van der Waals surface area (Å²) in [6, 6.07) is 0. The topological polar surface area (TPSA) is 55.6 Å². The Kier molecular flexibility index (Phi) is 31.9. The second-order valence-corrected chi connectivity index (χ2v) is 3.50. The van der Waals surface area contributed by atoms with Gasteiger partial charge in [0.25, 0.3) is 0 Å². The lowest BCUT2D eigenvalue weighted by Crippen LogP contribution is -2.14. The van der Waals surface area contributed by atoms with Crippen LogP contribution in [0.4, 0.5) is 0 Å². The summed E-state index contributed by atoms with van der Waals surface area (Å²) in [5.74, 6) is 0. The van der Waals surface area contributed by atoms with Crippen LogP contribution in [0.2, 0.25) is 0 Å². The molecule has 0 saturated heterocycles. The largest absolute Gasteiger partial charge is 0.412 e. The van der Waals surface area contributed by atoms with E-state index in [1.165, 1.54) is 51.9 Å². The normalized spacial score (nSPS) is 8.80. The smallest absolute Gasteiger partial charge is 0.00516 e. The van der Waals surface area contributed by atoms with E-state index in [1.54, 1.807) is 0 Å². The second-order valence-electron chi connectivity index (χ2n) is 3.50. The highest BCUT2D eigenvalue weighted by Gasteiger charge is 1.77. The Morgan fingerprint density at radius 1 is 0.533 bits per heavy atom. The molecule has 0 aromatic heterocycles. The lowest BCUT2D eigenvalue weighted by atomic mass is 10.4. The van der Waals surface area contributed by atoms with Gasteiger partial charge in [0.05, 0.1) is 0 Å². The lowest BCUT2D eigenvalue weighted by molar-refractivity contribution is 0.662. The minimum Gasteiger partial charge on any atom is -0.412 e. The van der Waals surface area contributed by atoms with Crippen LogP contribution in [0.3, 0.4) is 0 Å². The summed E-state index contributed by atoms with van der Waals surface area (Å²) in [6.45, 7) is 13.4. The van der Waals surface area contributed by atoms with Gasteiger partial charge >= 0.3 is 0 Å². The highest BCUT2D eigenvalue weighted by molar-refractivity contribution is 4.40. The quantitative estimate of drug-likeness (QED) is 0.614. The first-order valence-corrected chi connectivity index (χ1v) is 6.24. The zero-order valence-electron chi connectivity index (χ0n) is 11.2. The van der Waals surface area contributed by atoms with E-state index in [9.17, 15) is 0 Å². The second kappa shape index (κ2) is 23.6. The van der Waals surface area contributed by atoms with Crippen LogP contribution in [0.25, 0.3) is 0 Å². The molecule has 0 heterocycles. The van der Waals surface area contributed by atoms with E-state index in [0.717, 1.165) is 0 Å². The van der Waals surface area contributed by atoms with Gasteiger partial charge < -0.3 is 16.1 Å². The fourth-order valence-corrected chi connectivity index (χ4v) is 0.957. The Labute approximate surface area is 96.3 Å². The third-order valence-corrected chi connectivity index (χ3v) is 1.71. The summed E-state index contributed by atoms with van der Waals surface area (Å²) in [4.78, 5) is 0. The van der Waals surface area contributed by atoms with Crippen LogP contribution in [0.5, 0.6) is 0 Å². The number of hydrogen-bond acceptors (Lipinski definition) is 2. The molecule has 0 aliphatic rings. The molecule has 0 spiro atoms. The van der Waals surface area contributed by atoms with E-state index in [-0.39, 0.29) is 5.48 Å². The molecule has 15 heavy (non-hydrogen) atoms. The van der Waals surface area contributed by atoms with E-state index in [0.29, 0.717) is 0 Å². The van der Waals surface area contributed by atoms with Crippen molar-refractivity contribution in [1.29, 1.82) is 0 Å². The highest BCUT2D eigenvalue weighted by atomic mass is 16.0. The molecule has 4 N–H and O–H groups in total. The summed E-state index contributed by atoms with van der Waals surface area (Å²) in [5.41, 5.74) is 0. The van der Waals surface area contributed by atoms with Crippen molar-refractivity contribution in [2.75, 3.05) is 26.2 Å². The standard InChI is InChI=1S/2C6H15N.H2O/c2*1-3-5-7-6-4-2;/h2*7H,3-6H2,1-2H3;1H2. The van der Waals surface area contributed by atoms with Crippen LogP contribution in [0.15, 0.2) is 0 Å². The van der Waals surface area contributed by atoms with Gasteiger partial charge in [-0.05, 0) is 51.9 Å². The molecule has 0 radical (unpaired) electrons. The Morgan fingerprint density at radius 3 is 0.867 bits per heavy atom. The van der Waals surface area contributed by atoms with Gasteiger partial charge in [-0.15, -0.1) is 0 Å². The molecule has 96 valence electrons. The van der Waals surface area contributed by atoms with E-state index < -0.39 is 0 Å². The van der Waals surface area contributed by atoms with Crippen LogP contribution in [-0.4, -0.2) is 31.7 Å². The molecule has 0 fully saturated rings. The molecule has 0 unspecified atom stereocenters. The highest BCUT2D eigenvalue weighted by Crippen LogP contribution is 1.72. The molecule has 0 aromatic rings. The molecule has 3 heteroatoms. The van der Waals surface area contributed by atoms with Gasteiger partial charge in [0.1, 0.15) is 0 Å². The molecule has 0 atom stereocenters. The van der Waals surface area contributed by atoms with E-state index in [4.69, 9.17) is 0 Å². The van der Waals surface area contributed by atoms with Gasteiger partial charge in [0, 0.05) is 0 Å². The SMILES string of the molecule is CCCNCCC.CCCNCCC.O. The molecule has 0 aliphatic heterocycles. The minimum atomic E-state index is 0. The molecular weight excluding hydrogens is 188 g/mol. The van der Waals surface area contributed by atoms with Crippen molar-refractivity contribution in [2.24, 2.45) is 0 Å². The van der Waals surface area contributed by atoms with Gasteiger partial charge in [-0.25, -0.2) is 0 Å². The van der Waals surface area contributed by atoms with Crippen molar-refractivity contribution in [3.63, 3.8) is 0 Å². The summed E-state index contributed by atoms with van der Waals surface area (Å²) in [7, 11) is 0. The number of nitrogens with one attached hydrogen (secondary N) is 2. The number of hydrogen-bond donors (Lipinski definition) is 2. The van der Waals surface area contributed by atoms with Crippen LogP contribution in [0.1, 0.15) is 53.4 Å². The van der Waals surface area contributed by atoms with Crippen LogP contribution in [0, 0.1) is 0 Å². The molecule has 0 bridgehead atoms. The summed E-state index contributed by atoms with van der Waals surface area (Å²) in [6.07, 6.45) is 5.00. The molecule has 0 aliphatic carbocycles. The van der Waals surface area contributed by atoms with Gasteiger partial charge in [-0.2, -0.15) is 0 Å². The van der Waals surface area contributed by atoms with Crippen LogP contribution >= 0.6 is 0 Å². The zero-order chi connectivity index (χ0) is 11.1. The first-order chi connectivity index (χ1) is 6.83. The molecule has 3 nitrogen and oxygen atoms in total. The fraction of sp³-hybridized carbons (Fsp3) is 1.00. The van der Waals surface area contributed by atoms with Crippen LogP contribution < -0.4 is 10.6 Å². The summed E-state index contributed by atoms with van der Waals surface area (Å²) < 4.78 is 0. The van der Waals surface area contributed by atoms with E-state index >= 15 is 0 Å². The first kappa shape index (κ1) is 20.3. The minimum absolute atomic E-state index is 0. The van der Waals surface area contributed by atoms with Crippen molar-refractivity contribution in [1.82, 2.24) is 10.6 Å². The Hall–Kier alpha value is -0.120. The fourth-order valence-electron chi connectivity index (χ4n) is 0.957. The van der Waals surface area contributed by atoms with Gasteiger partial charge in [-0.1, -0.05) is 27.7 Å². The summed E-state index contributed by atoms with van der Waals surface area (Å²) in [5, 5.41) is 6.57. The zero-order valence-corrected chi connectivity index (χ0v) is 11.2. The average Bonchev–Trinajstić information content (AvgIpc) is 2.21. The van der Waals surface area contributed by atoms with Crippen molar-refractivity contribution in [3.05, 3.63) is 0 Å². The van der Waals surface area contributed by atoms with Crippen molar-refractivity contribution < 1.29 is 5.48 Å². The Balaban J connectivity index is -0.000000180. The van der Waals surface area contributed by atoms with Crippen LogP contribution in [-0.2, 0) is 0 Å². The molecule has 0 aromatic carbocycles. The maximum absolute atomic E-state index is 3.28. The maximum atomic E-state index is 3.28. The van der Waals surface area contributed by atoms with Crippen molar-refractivity contribution >= 4 is 0 Å². The van der Waals surface area contributed by atoms with E-state index in [2.05, 4.69) is 38.3 Å². The predicted molar refractivity (Wildman–Crippen MR) is 70.5 cm³/mol. The first-order valence-electron chi connectivity index (χ1n) is 6.24. The number of rotatable bonds is 8. The Morgan fingerprint density at radius 2 is 0.733 bits per heavy atom. The monoisotopic (exact) mass is 220 g/mol. The van der Waals surface area contributed by atoms with Gasteiger partial charge in [-0.3, -0.25) is 0 Å². The van der Waals surface area contributed by atoms with Gasteiger partial charge in [0.2, 0.25) is 0 Å². The van der Waals surface area contributed by atoms with E-state index in [1.807, 2.05) is 0 Å². The van der Waals surface area contributed by atoms with Gasteiger partial charge in [0.15, 0.2) is 0 Å². The Bertz CT molecular complexity index is 62.0. The molecule has 0 rings (SSSR count). The third-order valence-electron chi connectivity index (χ3n) is 1.71. The van der Waals surface area contributed by atoms with Crippen molar-refractivity contribution in [2.45, 2.75) is 53.4 Å². The van der Waals surface area contributed by atoms with Crippen molar-refractivity contribution in [3.8, 4) is 0 Å². The predicted octanol–water partition coefficient (Wildman–Crippen LogP) is 1.97. The molecular formula is C12H32N2O. The molecule has 0 saturated carbocycles. The average molecular weight is 220 g/mol. The maximum Gasteiger partial charge on any atom is -0.00516 e. The lowest BCUT2D eigenvalue weighted by Gasteiger charge is -1.95. The molecule has 0 amide bonds. The third kappa shape index (κ3) is 31.5. The summed E-state index contributed by atoms with van der Waals surface area (Å²) >= 11 is 0.